The van der Waals surface area contributed by atoms with Crippen molar-refractivity contribution in [2.45, 2.75) is 30.2 Å². The third-order valence-corrected chi connectivity index (χ3v) is 3.10. The van der Waals surface area contributed by atoms with Crippen molar-refractivity contribution in [2.24, 2.45) is 0 Å². The Bertz CT molecular complexity index is 409. The standard InChI is InChI=1S/C13H12OS.C2H6/c14-10-11-6-8-13(9-7-11)15-12-4-2-1-3-5-12;1-2/h1-9,14H,10H2;1-2H3. The predicted molar refractivity (Wildman–Crippen MR) is 74.3 cm³/mol. The zero-order valence-electron chi connectivity index (χ0n) is 10.3. The molecule has 90 valence electrons. The fraction of sp³-hybridized carbons (Fsp3) is 0.200. The van der Waals surface area contributed by atoms with E-state index in [4.69, 9.17) is 5.11 Å². The summed E-state index contributed by atoms with van der Waals surface area (Å²) in [7, 11) is 0. The summed E-state index contributed by atoms with van der Waals surface area (Å²) in [6.45, 7) is 4.11. The molecular formula is C15H18OS. The molecule has 0 bridgehead atoms. The van der Waals surface area contributed by atoms with Gasteiger partial charge in [-0.25, -0.2) is 0 Å². The van der Waals surface area contributed by atoms with Crippen molar-refractivity contribution in [2.75, 3.05) is 0 Å². The number of hydrogen-bond acceptors (Lipinski definition) is 2. The largest absolute Gasteiger partial charge is 0.392 e. The third kappa shape index (κ3) is 4.63. The smallest absolute Gasteiger partial charge is 0.0681 e. The van der Waals surface area contributed by atoms with Crippen LogP contribution in [0, 0.1) is 0 Å². The molecule has 2 aromatic carbocycles. The lowest BCUT2D eigenvalue weighted by atomic mass is 10.2. The molecule has 0 unspecified atom stereocenters. The van der Waals surface area contributed by atoms with E-state index in [9.17, 15) is 0 Å². The Hall–Kier alpha value is -1.25. The average Bonchev–Trinajstić information content (AvgIpc) is 2.43. The second-order valence-electron chi connectivity index (χ2n) is 3.22. The Balaban J connectivity index is 0.000000686. The second-order valence-corrected chi connectivity index (χ2v) is 4.36. The zero-order chi connectivity index (χ0) is 12.5. The van der Waals surface area contributed by atoms with Crippen molar-refractivity contribution in [1.29, 1.82) is 0 Å². The molecule has 0 radical (unpaired) electrons. The molecular weight excluding hydrogens is 228 g/mol. The minimum absolute atomic E-state index is 0.107. The van der Waals surface area contributed by atoms with E-state index in [2.05, 4.69) is 12.1 Å². The summed E-state index contributed by atoms with van der Waals surface area (Å²) < 4.78 is 0. The molecule has 17 heavy (non-hydrogen) atoms. The van der Waals surface area contributed by atoms with Crippen molar-refractivity contribution < 1.29 is 5.11 Å². The second kappa shape index (κ2) is 7.93. The molecule has 0 aliphatic heterocycles. The van der Waals surface area contributed by atoms with Crippen molar-refractivity contribution >= 4 is 11.8 Å². The van der Waals surface area contributed by atoms with Gasteiger partial charge in [-0.3, -0.25) is 0 Å². The van der Waals surface area contributed by atoms with Crippen LogP contribution in [0.4, 0.5) is 0 Å². The summed E-state index contributed by atoms with van der Waals surface area (Å²) in [5, 5.41) is 8.91. The summed E-state index contributed by atoms with van der Waals surface area (Å²) in [4.78, 5) is 2.42. The number of rotatable bonds is 3. The molecule has 0 aromatic heterocycles. The summed E-state index contributed by atoms with van der Waals surface area (Å²) >= 11 is 1.73. The number of hydrogen-bond donors (Lipinski definition) is 1. The van der Waals surface area contributed by atoms with Gasteiger partial charge >= 0.3 is 0 Å². The van der Waals surface area contributed by atoms with Crippen LogP contribution in [0.25, 0.3) is 0 Å². The lowest BCUT2D eigenvalue weighted by molar-refractivity contribution is 0.282. The van der Waals surface area contributed by atoms with Crippen LogP contribution in [0.5, 0.6) is 0 Å². The molecule has 2 heteroatoms. The minimum atomic E-state index is 0.107. The fourth-order valence-electron chi connectivity index (χ4n) is 1.29. The molecule has 2 aromatic rings. The Labute approximate surface area is 108 Å². The highest BCUT2D eigenvalue weighted by Gasteiger charge is 1.96. The molecule has 1 N–H and O–H groups in total. The molecule has 0 atom stereocenters. The predicted octanol–water partition coefficient (Wildman–Crippen LogP) is 4.36. The lowest BCUT2D eigenvalue weighted by Gasteiger charge is -2.02. The van der Waals surface area contributed by atoms with Crippen LogP contribution in [-0.4, -0.2) is 5.11 Å². The molecule has 2 rings (SSSR count). The molecule has 0 amide bonds. The first-order chi connectivity index (χ1) is 8.38. The van der Waals surface area contributed by atoms with Crippen LogP contribution < -0.4 is 0 Å². The van der Waals surface area contributed by atoms with Gasteiger partial charge in [0.25, 0.3) is 0 Å². The molecule has 0 spiro atoms. The van der Waals surface area contributed by atoms with Gasteiger partial charge < -0.3 is 5.11 Å². The Kier molecular flexibility index (Phi) is 6.45. The van der Waals surface area contributed by atoms with Gasteiger partial charge in [-0.05, 0) is 29.8 Å². The quantitative estimate of drug-likeness (QED) is 0.868. The molecule has 0 saturated carbocycles. The van der Waals surface area contributed by atoms with Gasteiger partial charge in [0.2, 0.25) is 0 Å². The van der Waals surface area contributed by atoms with Crippen LogP contribution in [0.2, 0.25) is 0 Å². The summed E-state index contributed by atoms with van der Waals surface area (Å²) in [6.07, 6.45) is 0. The van der Waals surface area contributed by atoms with Crippen molar-refractivity contribution in [3.05, 3.63) is 60.2 Å². The highest BCUT2D eigenvalue weighted by molar-refractivity contribution is 7.99. The highest BCUT2D eigenvalue weighted by atomic mass is 32.2. The lowest BCUT2D eigenvalue weighted by Crippen LogP contribution is -1.81. The number of aliphatic hydroxyl groups excluding tert-OH is 1. The van der Waals surface area contributed by atoms with Gasteiger partial charge in [0, 0.05) is 9.79 Å². The maximum atomic E-state index is 8.91. The van der Waals surface area contributed by atoms with E-state index >= 15 is 0 Å². The molecule has 0 aliphatic carbocycles. The van der Waals surface area contributed by atoms with Crippen molar-refractivity contribution in [3.63, 3.8) is 0 Å². The first kappa shape index (κ1) is 13.8. The van der Waals surface area contributed by atoms with Gasteiger partial charge in [-0.1, -0.05) is 55.9 Å². The first-order valence-corrected chi connectivity index (χ1v) is 6.63. The zero-order valence-corrected chi connectivity index (χ0v) is 11.1. The molecule has 0 saturated heterocycles. The number of benzene rings is 2. The van der Waals surface area contributed by atoms with E-state index in [-0.39, 0.29) is 6.61 Å². The van der Waals surface area contributed by atoms with E-state index < -0.39 is 0 Å². The molecule has 0 heterocycles. The van der Waals surface area contributed by atoms with Crippen LogP contribution in [-0.2, 0) is 6.61 Å². The van der Waals surface area contributed by atoms with E-state index in [1.807, 2.05) is 56.3 Å². The van der Waals surface area contributed by atoms with Crippen LogP contribution in [0.1, 0.15) is 19.4 Å². The topological polar surface area (TPSA) is 20.2 Å². The Morgan fingerprint density at radius 2 is 1.35 bits per heavy atom. The van der Waals surface area contributed by atoms with Gasteiger partial charge in [0.15, 0.2) is 0 Å². The van der Waals surface area contributed by atoms with Gasteiger partial charge in [0.1, 0.15) is 0 Å². The van der Waals surface area contributed by atoms with Crippen LogP contribution in [0.15, 0.2) is 64.4 Å². The molecule has 1 nitrogen and oxygen atoms in total. The van der Waals surface area contributed by atoms with E-state index in [1.165, 1.54) is 9.79 Å². The van der Waals surface area contributed by atoms with Gasteiger partial charge in [0.05, 0.1) is 6.61 Å². The van der Waals surface area contributed by atoms with Gasteiger partial charge in [-0.15, -0.1) is 0 Å². The molecule has 0 fully saturated rings. The first-order valence-electron chi connectivity index (χ1n) is 5.81. The summed E-state index contributed by atoms with van der Waals surface area (Å²) in [5.41, 5.74) is 0.951. The van der Waals surface area contributed by atoms with E-state index in [0.29, 0.717) is 0 Å². The van der Waals surface area contributed by atoms with Gasteiger partial charge in [-0.2, -0.15) is 0 Å². The third-order valence-electron chi connectivity index (χ3n) is 2.08. The Morgan fingerprint density at radius 3 is 1.88 bits per heavy atom. The Morgan fingerprint density at radius 1 is 0.824 bits per heavy atom. The van der Waals surface area contributed by atoms with E-state index in [0.717, 1.165) is 5.56 Å². The van der Waals surface area contributed by atoms with Crippen molar-refractivity contribution in [3.8, 4) is 0 Å². The fourth-order valence-corrected chi connectivity index (χ4v) is 2.13. The molecule has 0 aliphatic rings. The monoisotopic (exact) mass is 246 g/mol. The SMILES string of the molecule is CC.OCc1ccc(Sc2ccccc2)cc1. The van der Waals surface area contributed by atoms with Crippen LogP contribution in [0.3, 0.4) is 0 Å². The van der Waals surface area contributed by atoms with Crippen LogP contribution >= 0.6 is 11.8 Å². The summed E-state index contributed by atoms with van der Waals surface area (Å²) in [6, 6.07) is 18.2. The van der Waals surface area contributed by atoms with E-state index in [1.54, 1.807) is 11.8 Å². The highest BCUT2D eigenvalue weighted by Crippen LogP contribution is 2.27. The number of aliphatic hydroxyl groups is 1. The maximum Gasteiger partial charge on any atom is 0.0681 e. The maximum absolute atomic E-state index is 8.91. The average molecular weight is 246 g/mol. The summed E-state index contributed by atoms with van der Waals surface area (Å²) in [5.74, 6) is 0. The minimum Gasteiger partial charge on any atom is -0.392 e. The normalized spacial score (nSPS) is 9.35. The van der Waals surface area contributed by atoms with Crippen molar-refractivity contribution in [1.82, 2.24) is 0 Å².